The number of thioether (sulfide) groups is 1. The highest BCUT2D eigenvalue weighted by Crippen LogP contribution is 2.39. The minimum absolute atomic E-state index is 0.146. The van der Waals surface area contributed by atoms with Crippen LogP contribution in [0, 0.1) is 0 Å². The van der Waals surface area contributed by atoms with Gasteiger partial charge in [0.2, 0.25) is 5.91 Å². The highest BCUT2D eigenvalue weighted by molar-refractivity contribution is 7.99. The molecule has 19 heavy (non-hydrogen) atoms. The molecule has 1 aliphatic rings. The third-order valence-corrected chi connectivity index (χ3v) is 4.84. The minimum Gasteiger partial charge on any atom is -0.326 e. The molecule has 0 N–H and O–H groups in total. The quantitative estimate of drug-likeness (QED) is 0.746. The molecule has 0 radical (unpaired) electrons. The molecule has 0 aliphatic carbocycles. The third kappa shape index (κ3) is 3.90. The summed E-state index contributed by atoms with van der Waals surface area (Å²) in [5, 5.41) is 0.885. The van der Waals surface area contributed by atoms with Crippen molar-refractivity contribution in [1.82, 2.24) is 4.90 Å². The van der Waals surface area contributed by atoms with Gasteiger partial charge in [0.25, 0.3) is 0 Å². The van der Waals surface area contributed by atoms with Crippen molar-refractivity contribution in [2.75, 3.05) is 12.3 Å². The zero-order chi connectivity index (χ0) is 13.7. The highest BCUT2D eigenvalue weighted by Gasteiger charge is 2.30. The fourth-order valence-electron chi connectivity index (χ4n) is 2.33. The number of carbonyl (C=O) groups excluding carboxylic acids is 1. The number of hydrogen-bond donors (Lipinski definition) is 0. The van der Waals surface area contributed by atoms with Crippen molar-refractivity contribution in [3.05, 3.63) is 34.9 Å². The average molecular weight is 298 g/mol. The molecule has 2 nitrogen and oxygen atoms in total. The normalized spacial score (nSPS) is 18.8. The van der Waals surface area contributed by atoms with Crippen molar-refractivity contribution in [1.29, 1.82) is 0 Å². The summed E-state index contributed by atoms with van der Waals surface area (Å²) < 4.78 is 0. The van der Waals surface area contributed by atoms with Crippen LogP contribution >= 0.6 is 23.4 Å². The molecule has 2 rings (SSSR count). The Morgan fingerprint density at radius 1 is 1.47 bits per heavy atom. The number of halogens is 1. The van der Waals surface area contributed by atoms with E-state index >= 15 is 0 Å². The van der Waals surface area contributed by atoms with Crippen LogP contribution in [0.4, 0.5) is 0 Å². The molecular formula is C15H20ClNOS. The summed E-state index contributed by atoms with van der Waals surface area (Å²) >= 11 is 7.87. The van der Waals surface area contributed by atoms with E-state index in [2.05, 4.69) is 13.0 Å². The summed E-state index contributed by atoms with van der Waals surface area (Å²) in [6.45, 7) is 3.01. The van der Waals surface area contributed by atoms with Crippen LogP contribution in [-0.4, -0.2) is 23.1 Å². The van der Waals surface area contributed by atoms with Gasteiger partial charge in [0.15, 0.2) is 0 Å². The standard InChI is InChI=1S/C15H20ClNOS/c1-2-3-4-8-14(18)17-9-10-19-15(17)12-6-5-7-13(16)11-12/h5-7,11,15H,2-4,8-10H2,1H3/t15-/m1/s1. The maximum absolute atomic E-state index is 12.3. The van der Waals surface area contributed by atoms with Crippen molar-refractivity contribution >= 4 is 29.3 Å². The third-order valence-electron chi connectivity index (χ3n) is 3.34. The van der Waals surface area contributed by atoms with Gasteiger partial charge in [-0.1, -0.05) is 43.5 Å². The fourth-order valence-corrected chi connectivity index (χ4v) is 3.80. The number of amides is 1. The molecule has 104 valence electrons. The molecule has 1 fully saturated rings. The second-order valence-corrected chi connectivity index (χ2v) is 6.45. The molecule has 1 saturated heterocycles. The maximum atomic E-state index is 12.3. The van der Waals surface area contributed by atoms with E-state index in [4.69, 9.17) is 11.6 Å². The second-order valence-electron chi connectivity index (χ2n) is 4.82. The minimum atomic E-state index is 0.146. The number of benzene rings is 1. The molecule has 1 amide bonds. The fraction of sp³-hybridized carbons (Fsp3) is 0.533. The van der Waals surface area contributed by atoms with E-state index in [9.17, 15) is 4.79 Å². The number of unbranched alkanes of at least 4 members (excludes halogenated alkanes) is 2. The first kappa shape index (κ1) is 14.7. The Hall–Kier alpha value is -0.670. The summed E-state index contributed by atoms with van der Waals surface area (Å²) in [6.07, 6.45) is 3.96. The molecule has 1 atom stereocenters. The van der Waals surface area contributed by atoms with Gasteiger partial charge in [-0.2, -0.15) is 0 Å². The SMILES string of the molecule is CCCCCC(=O)N1CCS[C@@H]1c1cccc(Cl)c1. The predicted molar refractivity (Wildman–Crippen MR) is 82.5 cm³/mol. The first-order valence-corrected chi connectivity index (χ1v) is 8.31. The van der Waals surface area contributed by atoms with Gasteiger partial charge < -0.3 is 4.90 Å². The summed E-state index contributed by atoms with van der Waals surface area (Å²) in [7, 11) is 0. The lowest BCUT2D eigenvalue weighted by atomic mass is 10.1. The van der Waals surface area contributed by atoms with E-state index in [1.54, 1.807) is 0 Å². The van der Waals surface area contributed by atoms with E-state index in [1.165, 1.54) is 0 Å². The molecule has 0 saturated carbocycles. The molecule has 0 unspecified atom stereocenters. The largest absolute Gasteiger partial charge is 0.326 e. The van der Waals surface area contributed by atoms with Crippen LogP contribution in [0.5, 0.6) is 0 Å². The average Bonchev–Trinajstić information content (AvgIpc) is 2.88. The lowest BCUT2D eigenvalue weighted by Crippen LogP contribution is -2.30. The molecule has 4 heteroatoms. The summed E-state index contributed by atoms with van der Waals surface area (Å²) in [5.41, 5.74) is 1.14. The van der Waals surface area contributed by atoms with Gasteiger partial charge in [-0.3, -0.25) is 4.79 Å². The van der Waals surface area contributed by atoms with Crippen molar-refractivity contribution in [3.63, 3.8) is 0 Å². The van der Waals surface area contributed by atoms with Crippen molar-refractivity contribution in [2.45, 2.75) is 38.0 Å². The smallest absolute Gasteiger partial charge is 0.223 e. The van der Waals surface area contributed by atoms with Crippen LogP contribution in [0.25, 0.3) is 0 Å². The number of carbonyl (C=O) groups is 1. The van der Waals surface area contributed by atoms with Gasteiger partial charge in [-0.15, -0.1) is 11.8 Å². The number of hydrogen-bond acceptors (Lipinski definition) is 2. The molecular weight excluding hydrogens is 278 g/mol. The van der Waals surface area contributed by atoms with Crippen LogP contribution in [-0.2, 0) is 4.79 Å². The molecule has 1 aliphatic heterocycles. The summed E-state index contributed by atoms with van der Waals surface area (Å²) in [6, 6.07) is 7.85. The second kappa shape index (κ2) is 7.20. The van der Waals surface area contributed by atoms with E-state index < -0.39 is 0 Å². The first-order valence-electron chi connectivity index (χ1n) is 6.89. The van der Waals surface area contributed by atoms with Crippen molar-refractivity contribution in [3.8, 4) is 0 Å². The lowest BCUT2D eigenvalue weighted by molar-refractivity contribution is -0.131. The zero-order valence-electron chi connectivity index (χ0n) is 11.3. The molecule has 1 aromatic carbocycles. The Balaban J connectivity index is 2.02. The number of rotatable bonds is 5. The number of nitrogens with zero attached hydrogens (tertiary/aromatic N) is 1. The summed E-state index contributed by atoms with van der Waals surface area (Å²) in [5.74, 6) is 1.29. The predicted octanol–water partition coefficient (Wildman–Crippen LogP) is 4.49. The molecule has 0 aromatic heterocycles. The Labute approximate surface area is 124 Å². The zero-order valence-corrected chi connectivity index (χ0v) is 12.8. The van der Waals surface area contributed by atoms with Crippen LogP contribution < -0.4 is 0 Å². The highest BCUT2D eigenvalue weighted by atomic mass is 35.5. The molecule has 1 aromatic rings. The summed E-state index contributed by atoms with van der Waals surface area (Å²) in [4.78, 5) is 14.3. The molecule has 0 spiro atoms. The van der Waals surface area contributed by atoms with Crippen molar-refractivity contribution in [2.24, 2.45) is 0 Å². The first-order chi connectivity index (χ1) is 9.22. The van der Waals surface area contributed by atoms with Gasteiger partial charge in [0, 0.05) is 23.7 Å². The van der Waals surface area contributed by atoms with Gasteiger partial charge in [0.05, 0.1) is 0 Å². The van der Waals surface area contributed by atoms with E-state index in [-0.39, 0.29) is 11.3 Å². The van der Waals surface area contributed by atoms with Gasteiger partial charge in [0.1, 0.15) is 5.37 Å². The van der Waals surface area contributed by atoms with Crippen LogP contribution in [0.15, 0.2) is 24.3 Å². The molecule has 1 heterocycles. The van der Waals surface area contributed by atoms with Crippen LogP contribution in [0.1, 0.15) is 43.5 Å². The van der Waals surface area contributed by atoms with Gasteiger partial charge in [-0.25, -0.2) is 0 Å². The monoisotopic (exact) mass is 297 g/mol. The van der Waals surface area contributed by atoms with Crippen molar-refractivity contribution < 1.29 is 4.79 Å². The topological polar surface area (TPSA) is 20.3 Å². The Morgan fingerprint density at radius 2 is 2.32 bits per heavy atom. The lowest BCUT2D eigenvalue weighted by Gasteiger charge is -2.24. The van der Waals surface area contributed by atoms with Crippen LogP contribution in [0.3, 0.4) is 0 Å². The molecule has 0 bridgehead atoms. The van der Waals surface area contributed by atoms with Gasteiger partial charge in [-0.05, 0) is 24.1 Å². The Morgan fingerprint density at radius 3 is 3.05 bits per heavy atom. The van der Waals surface area contributed by atoms with E-state index in [0.29, 0.717) is 6.42 Å². The van der Waals surface area contributed by atoms with E-state index in [0.717, 1.165) is 42.1 Å². The van der Waals surface area contributed by atoms with Gasteiger partial charge >= 0.3 is 0 Å². The Bertz CT molecular complexity index is 438. The van der Waals surface area contributed by atoms with Crippen LogP contribution in [0.2, 0.25) is 5.02 Å². The maximum Gasteiger partial charge on any atom is 0.223 e. The Kier molecular flexibility index (Phi) is 5.59. The van der Waals surface area contributed by atoms with E-state index in [1.807, 2.05) is 34.9 Å².